The zero-order valence-electron chi connectivity index (χ0n) is 10.8. The fourth-order valence-corrected chi connectivity index (χ4v) is 1.72. The summed E-state index contributed by atoms with van der Waals surface area (Å²) in [6.45, 7) is 0. The zero-order valence-corrected chi connectivity index (χ0v) is 11.6. The second kappa shape index (κ2) is 6.20. The van der Waals surface area contributed by atoms with Crippen molar-refractivity contribution in [1.82, 2.24) is 4.98 Å². The van der Waals surface area contributed by atoms with Gasteiger partial charge in [0.25, 0.3) is 0 Å². The third-order valence-electron chi connectivity index (χ3n) is 2.55. The van der Waals surface area contributed by atoms with Gasteiger partial charge in [-0.2, -0.15) is 5.10 Å². The van der Waals surface area contributed by atoms with Crippen LogP contribution < -0.4 is 10.3 Å². The van der Waals surface area contributed by atoms with E-state index < -0.39 is 0 Å². The first-order chi connectivity index (χ1) is 9.16. The molecule has 0 atom stereocenters. The molecule has 0 saturated heterocycles. The molecule has 0 spiro atoms. The minimum atomic E-state index is 0.665. The first-order valence-corrected chi connectivity index (χ1v) is 6.21. The van der Waals surface area contributed by atoms with Gasteiger partial charge in [0.1, 0.15) is 5.82 Å². The Morgan fingerprint density at radius 3 is 2.74 bits per heavy atom. The van der Waals surface area contributed by atoms with E-state index in [2.05, 4.69) is 15.5 Å². The highest BCUT2D eigenvalue weighted by Crippen LogP contribution is 2.21. The van der Waals surface area contributed by atoms with Crippen LogP contribution in [0.15, 0.2) is 47.7 Å². The first kappa shape index (κ1) is 13.4. The van der Waals surface area contributed by atoms with Crippen molar-refractivity contribution in [2.75, 3.05) is 24.4 Å². The van der Waals surface area contributed by atoms with Crippen LogP contribution in [0.5, 0.6) is 0 Å². The van der Waals surface area contributed by atoms with E-state index in [1.807, 2.05) is 55.4 Å². The molecule has 0 aliphatic carbocycles. The molecule has 5 heteroatoms. The number of aromatic nitrogens is 1. The van der Waals surface area contributed by atoms with Crippen LogP contribution in [-0.4, -0.2) is 25.3 Å². The van der Waals surface area contributed by atoms with Gasteiger partial charge in [-0.25, -0.2) is 4.98 Å². The van der Waals surface area contributed by atoms with Crippen LogP contribution in [-0.2, 0) is 0 Å². The molecule has 1 aromatic carbocycles. The summed E-state index contributed by atoms with van der Waals surface area (Å²) in [5.41, 5.74) is 4.76. The van der Waals surface area contributed by atoms with Gasteiger partial charge >= 0.3 is 0 Å². The van der Waals surface area contributed by atoms with E-state index in [0.717, 1.165) is 11.3 Å². The van der Waals surface area contributed by atoms with E-state index in [9.17, 15) is 0 Å². The number of pyridine rings is 1. The minimum absolute atomic E-state index is 0.665. The van der Waals surface area contributed by atoms with Crippen LogP contribution in [0.1, 0.15) is 5.56 Å². The summed E-state index contributed by atoms with van der Waals surface area (Å²) in [6, 6.07) is 11.4. The molecule has 0 aliphatic heterocycles. The number of hydrogen-bond donors (Lipinski definition) is 1. The van der Waals surface area contributed by atoms with Crippen molar-refractivity contribution in [2.45, 2.75) is 0 Å². The highest BCUT2D eigenvalue weighted by Gasteiger charge is 2.01. The molecule has 1 aromatic heterocycles. The van der Waals surface area contributed by atoms with Crippen LogP contribution in [0.2, 0.25) is 5.02 Å². The Bertz CT molecular complexity index is 567. The van der Waals surface area contributed by atoms with Crippen molar-refractivity contribution in [2.24, 2.45) is 5.10 Å². The maximum atomic E-state index is 6.19. The Morgan fingerprint density at radius 2 is 2.11 bits per heavy atom. The molecule has 0 bridgehead atoms. The number of nitrogens with one attached hydrogen (secondary N) is 1. The van der Waals surface area contributed by atoms with Gasteiger partial charge in [-0.1, -0.05) is 17.7 Å². The van der Waals surface area contributed by atoms with Gasteiger partial charge in [0.15, 0.2) is 0 Å². The number of hydrazone groups is 1. The average Bonchev–Trinajstić information content (AvgIpc) is 2.41. The lowest BCUT2D eigenvalue weighted by Crippen LogP contribution is -2.08. The van der Waals surface area contributed by atoms with Gasteiger partial charge in [-0.3, -0.25) is 5.43 Å². The van der Waals surface area contributed by atoms with Crippen LogP contribution in [0.25, 0.3) is 0 Å². The van der Waals surface area contributed by atoms with Crippen molar-refractivity contribution in [3.8, 4) is 0 Å². The van der Waals surface area contributed by atoms with Crippen LogP contribution >= 0.6 is 11.6 Å². The lowest BCUT2D eigenvalue weighted by molar-refractivity contribution is 1.13. The SMILES string of the molecule is CN(C)c1ccc(/C=N\Nc2ccccn2)c(Cl)c1. The van der Waals surface area contributed by atoms with E-state index in [1.165, 1.54) is 0 Å². The van der Waals surface area contributed by atoms with Crippen molar-refractivity contribution < 1.29 is 0 Å². The Hall–Kier alpha value is -2.07. The number of rotatable bonds is 4. The third-order valence-corrected chi connectivity index (χ3v) is 2.88. The fraction of sp³-hybridized carbons (Fsp3) is 0.143. The highest BCUT2D eigenvalue weighted by molar-refractivity contribution is 6.33. The zero-order chi connectivity index (χ0) is 13.7. The molecule has 4 nitrogen and oxygen atoms in total. The third kappa shape index (κ3) is 3.69. The van der Waals surface area contributed by atoms with Crippen molar-refractivity contribution >= 4 is 29.3 Å². The standard InChI is InChI=1S/C14H15ClN4/c1-19(2)12-7-6-11(13(15)9-12)10-17-18-14-5-3-4-8-16-14/h3-10H,1-2H3,(H,16,18)/b17-10-. The summed E-state index contributed by atoms with van der Waals surface area (Å²) in [5.74, 6) is 0.694. The number of benzene rings is 1. The molecule has 0 unspecified atom stereocenters. The molecule has 0 radical (unpaired) electrons. The summed E-state index contributed by atoms with van der Waals surface area (Å²) in [5, 5.41) is 4.78. The molecule has 0 fully saturated rings. The van der Waals surface area contributed by atoms with Gasteiger partial charge < -0.3 is 4.90 Å². The largest absolute Gasteiger partial charge is 0.378 e. The Labute approximate surface area is 117 Å². The van der Waals surface area contributed by atoms with Crippen molar-refractivity contribution in [1.29, 1.82) is 0 Å². The Kier molecular flexibility index (Phi) is 4.36. The minimum Gasteiger partial charge on any atom is -0.378 e. The number of halogens is 1. The summed E-state index contributed by atoms with van der Waals surface area (Å²) in [6.07, 6.45) is 3.38. The van der Waals surface area contributed by atoms with Crippen molar-refractivity contribution in [3.63, 3.8) is 0 Å². The molecule has 0 aliphatic rings. The van der Waals surface area contributed by atoms with E-state index in [4.69, 9.17) is 11.6 Å². The molecule has 19 heavy (non-hydrogen) atoms. The molecule has 2 aromatic rings. The number of hydrogen-bond acceptors (Lipinski definition) is 4. The first-order valence-electron chi connectivity index (χ1n) is 5.84. The van der Waals surface area contributed by atoms with E-state index in [0.29, 0.717) is 10.8 Å². The average molecular weight is 275 g/mol. The van der Waals surface area contributed by atoms with Gasteiger partial charge in [0, 0.05) is 31.5 Å². The molecule has 1 heterocycles. The smallest absolute Gasteiger partial charge is 0.146 e. The predicted octanol–water partition coefficient (Wildman–Crippen LogP) is 3.25. The molecule has 2 rings (SSSR count). The molecular formula is C14H15ClN4. The molecule has 0 saturated carbocycles. The highest BCUT2D eigenvalue weighted by atomic mass is 35.5. The maximum absolute atomic E-state index is 6.19. The van der Waals surface area contributed by atoms with Gasteiger partial charge in [0.2, 0.25) is 0 Å². The quantitative estimate of drug-likeness (QED) is 0.687. The monoisotopic (exact) mass is 274 g/mol. The van der Waals surface area contributed by atoms with E-state index >= 15 is 0 Å². The number of nitrogens with zero attached hydrogens (tertiary/aromatic N) is 3. The summed E-state index contributed by atoms with van der Waals surface area (Å²) < 4.78 is 0. The van der Waals surface area contributed by atoms with Gasteiger partial charge in [-0.05, 0) is 30.3 Å². The predicted molar refractivity (Wildman–Crippen MR) is 81.2 cm³/mol. The van der Waals surface area contributed by atoms with Crippen molar-refractivity contribution in [3.05, 3.63) is 53.2 Å². The van der Waals surface area contributed by atoms with Crippen LogP contribution in [0.3, 0.4) is 0 Å². The molecule has 1 N–H and O–H groups in total. The number of anilines is 2. The van der Waals surface area contributed by atoms with Crippen LogP contribution in [0.4, 0.5) is 11.5 Å². The summed E-state index contributed by atoms with van der Waals surface area (Å²) in [7, 11) is 3.95. The second-order valence-electron chi connectivity index (χ2n) is 4.19. The van der Waals surface area contributed by atoms with Gasteiger partial charge in [0.05, 0.1) is 11.2 Å². The van der Waals surface area contributed by atoms with E-state index in [1.54, 1.807) is 12.4 Å². The maximum Gasteiger partial charge on any atom is 0.146 e. The molecular weight excluding hydrogens is 260 g/mol. The lowest BCUT2D eigenvalue weighted by atomic mass is 10.2. The Balaban J connectivity index is 2.07. The summed E-state index contributed by atoms with van der Waals surface area (Å²) >= 11 is 6.19. The lowest BCUT2D eigenvalue weighted by Gasteiger charge is -2.13. The van der Waals surface area contributed by atoms with Crippen LogP contribution in [0, 0.1) is 0 Å². The fourth-order valence-electron chi connectivity index (χ4n) is 1.50. The molecule has 0 amide bonds. The second-order valence-corrected chi connectivity index (χ2v) is 4.59. The van der Waals surface area contributed by atoms with E-state index in [-0.39, 0.29) is 0 Å². The topological polar surface area (TPSA) is 40.5 Å². The molecule has 98 valence electrons. The normalized spacial score (nSPS) is 10.7. The van der Waals surface area contributed by atoms with Gasteiger partial charge in [-0.15, -0.1) is 0 Å². The summed E-state index contributed by atoms with van der Waals surface area (Å²) in [4.78, 5) is 6.10. The Morgan fingerprint density at radius 1 is 1.26 bits per heavy atom.